The van der Waals surface area contributed by atoms with Gasteiger partial charge in [0, 0.05) is 7.11 Å². The van der Waals surface area contributed by atoms with Crippen molar-refractivity contribution in [2.75, 3.05) is 20.2 Å². The first kappa shape index (κ1) is 16.0. The Kier molecular flexibility index (Phi) is 4.07. The number of carbonyl (C=O) groups is 1. The number of β-amino-alcohol motifs (C(OH)–C–C–N with tert-alkyl or cyclic N) is 1. The van der Waals surface area contributed by atoms with E-state index in [1.165, 1.54) is 0 Å². The number of aliphatic hydroxyl groups excluding tert-OH is 1. The van der Waals surface area contributed by atoms with E-state index in [1.54, 1.807) is 20.8 Å². The van der Waals surface area contributed by atoms with Crippen molar-refractivity contribution in [1.82, 2.24) is 4.90 Å². The fourth-order valence-electron chi connectivity index (χ4n) is 1.87. The summed E-state index contributed by atoms with van der Waals surface area (Å²) in [6, 6.07) is 0. The quantitative estimate of drug-likeness (QED) is 0.794. The Morgan fingerprint density at radius 3 is 2.21 bits per heavy atom. The van der Waals surface area contributed by atoms with E-state index in [9.17, 15) is 23.1 Å². The van der Waals surface area contributed by atoms with Crippen LogP contribution < -0.4 is 0 Å². The molecule has 8 heteroatoms. The Bertz CT molecular complexity index is 353. The maximum Gasteiger partial charge on any atom is 0.421 e. The topological polar surface area (TPSA) is 59.0 Å². The van der Waals surface area contributed by atoms with Crippen LogP contribution in [0, 0.1) is 0 Å². The van der Waals surface area contributed by atoms with E-state index in [1.807, 2.05) is 0 Å². The molecule has 1 heterocycles. The fraction of sp³-hybridized carbons (Fsp3) is 0.909. The maximum absolute atomic E-state index is 13.0. The zero-order chi connectivity index (χ0) is 15.1. The number of aliphatic hydroxyl groups is 1. The molecule has 1 saturated heterocycles. The van der Waals surface area contributed by atoms with E-state index in [0.717, 1.165) is 12.0 Å². The molecule has 0 saturated carbocycles. The fourth-order valence-corrected chi connectivity index (χ4v) is 1.87. The maximum atomic E-state index is 13.0. The molecular formula is C11H18F3NO4. The van der Waals surface area contributed by atoms with Crippen LogP contribution in [0.3, 0.4) is 0 Å². The minimum atomic E-state index is -4.78. The SMILES string of the molecule is COC1(C(F)(F)F)CN(C(=O)OC(C)(C)C)CC1O. The van der Waals surface area contributed by atoms with E-state index in [4.69, 9.17) is 4.74 Å². The third kappa shape index (κ3) is 3.11. The van der Waals surface area contributed by atoms with Gasteiger partial charge in [-0.05, 0) is 20.8 Å². The lowest BCUT2D eigenvalue weighted by atomic mass is 10.00. The summed E-state index contributed by atoms with van der Waals surface area (Å²) in [5, 5.41) is 9.60. The van der Waals surface area contributed by atoms with Gasteiger partial charge in [-0.25, -0.2) is 4.79 Å². The normalized spacial score (nSPS) is 28.6. The highest BCUT2D eigenvalue weighted by atomic mass is 19.4. The molecule has 0 bridgehead atoms. The van der Waals surface area contributed by atoms with Crippen molar-refractivity contribution in [3.05, 3.63) is 0 Å². The molecule has 1 aliphatic rings. The van der Waals surface area contributed by atoms with Gasteiger partial charge in [0.25, 0.3) is 0 Å². The molecule has 0 aromatic carbocycles. The van der Waals surface area contributed by atoms with Crippen molar-refractivity contribution in [3.63, 3.8) is 0 Å². The molecule has 1 rings (SSSR count). The minimum absolute atomic E-state index is 0.484. The molecule has 112 valence electrons. The van der Waals surface area contributed by atoms with Crippen molar-refractivity contribution >= 4 is 6.09 Å². The van der Waals surface area contributed by atoms with Crippen molar-refractivity contribution in [3.8, 4) is 0 Å². The average molecular weight is 285 g/mol. The van der Waals surface area contributed by atoms with Crippen molar-refractivity contribution < 1.29 is 32.5 Å². The summed E-state index contributed by atoms with van der Waals surface area (Å²) >= 11 is 0. The largest absolute Gasteiger partial charge is 0.444 e. The number of alkyl halides is 3. The van der Waals surface area contributed by atoms with Gasteiger partial charge in [0.1, 0.15) is 11.7 Å². The molecule has 1 amide bonds. The molecule has 2 atom stereocenters. The predicted molar refractivity (Wildman–Crippen MR) is 59.6 cm³/mol. The second kappa shape index (κ2) is 4.82. The number of halogens is 3. The number of carbonyl (C=O) groups excluding carboxylic acids is 1. The molecule has 1 aliphatic heterocycles. The van der Waals surface area contributed by atoms with E-state index >= 15 is 0 Å². The zero-order valence-electron chi connectivity index (χ0n) is 11.2. The van der Waals surface area contributed by atoms with Gasteiger partial charge in [-0.1, -0.05) is 0 Å². The van der Waals surface area contributed by atoms with Gasteiger partial charge in [0.15, 0.2) is 0 Å². The van der Waals surface area contributed by atoms with Crippen LogP contribution in [0.5, 0.6) is 0 Å². The molecule has 0 aromatic heterocycles. The molecule has 5 nitrogen and oxygen atoms in total. The highest BCUT2D eigenvalue weighted by Gasteiger charge is 2.65. The molecule has 0 radical (unpaired) electrons. The van der Waals surface area contributed by atoms with E-state index in [0.29, 0.717) is 0 Å². The summed E-state index contributed by atoms with van der Waals surface area (Å²) in [7, 11) is 0.856. The van der Waals surface area contributed by atoms with Crippen LogP contribution >= 0.6 is 0 Å². The van der Waals surface area contributed by atoms with Crippen LogP contribution in [-0.2, 0) is 9.47 Å². The smallest absolute Gasteiger partial charge is 0.421 e. The zero-order valence-corrected chi connectivity index (χ0v) is 11.2. The second-order valence-electron chi connectivity index (χ2n) is 5.47. The van der Waals surface area contributed by atoms with Crippen LogP contribution in [0.2, 0.25) is 0 Å². The molecule has 0 aromatic rings. The standard InChI is InChI=1S/C11H18F3NO4/c1-9(2,3)19-8(17)15-5-7(16)10(6-15,18-4)11(12,13)14/h7,16H,5-6H2,1-4H3. The van der Waals surface area contributed by atoms with Crippen LogP contribution in [0.1, 0.15) is 20.8 Å². The van der Waals surface area contributed by atoms with Gasteiger partial charge >= 0.3 is 12.3 Å². The molecule has 0 aliphatic carbocycles. The van der Waals surface area contributed by atoms with Crippen molar-refractivity contribution in [1.29, 1.82) is 0 Å². The van der Waals surface area contributed by atoms with Gasteiger partial charge in [-0.15, -0.1) is 0 Å². The molecule has 0 spiro atoms. The van der Waals surface area contributed by atoms with Crippen molar-refractivity contribution in [2.24, 2.45) is 0 Å². The third-order valence-electron chi connectivity index (χ3n) is 2.85. The van der Waals surface area contributed by atoms with Crippen LogP contribution in [0.15, 0.2) is 0 Å². The highest BCUT2D eigenvalue weighted by Crippen LogP contribution is 2.40. The van der Waals surface area contributed by atoms with E-state index in [-0.39, 0.29) is 0 Å². The molecule has 1 fully saturated rings. The van der Waals surface area contributed by atoms with E-state index < -0.39 is 42.7 Å². The minimum Gasteiger partial charge on any atom is -0.444 e. The molecule has 19 heavy (non-hydrogen) atoms. The number of ether oxygens (including phenoxy) is 2. The summed E-state index contributed by atoms with van der Waals surface area (Å²) < 4.78 is 48.4. The average Bonchev–Trinajstić information content (AvgIpc) is 2.53. The number of methoxy groups -OCH3 is 1. The third-order valence-corrected chi connectivity index (χ3v) is 2.85. The number of nitrogens with zero attached hydrogens (tertiary/aromatic N) is 1. The lowest BCUT2D eigenvalue weighted by Gasteiger charge is -2.32. The lowest BCUT2D eigenvalue weighted by Crippen LogP contribution is -2.56. The van der Waals surface area contributed by atoms with Gasteiger partial charge in [-0.3, -0.25) is 0 Å². The number of rotatable bonds is 1. The first-order valence-corrected chi connectivity index (χ1v) is 5.71. The van der Waals surface area contributed by atoms with Crippen LogP contribution in [0.25, 0.3) is 0 Å². The Labute approximate surface area is 109 Å². The van der Waals surface area contributed by atoms with Crippen LogP contribution in [-0.4, -0.2) is 59.8 Å². The van der Waals surface area contributed by atoms with Gasteiger partial charge < -0.3 is 19.5 Å². The summed E-state index contributed by atoms with van der Waals surface area (Å²) in [5.74, 6) is 0. The number of hydrogen-bond donors (Lipinski definition) is 1. The molecule has 2 unspecified atom stereocenters. The Balaban J connectivity index is 2.88. The number of hydrogen-bond acceptors (Lipinski definition) is 4. The highest BCUT2D eigenvalue weighted by molar-refractivity contribution is 5.69. The summed E-state index contributed by atoms with van der Waals surface area (Å²) in [6.07, 6.45) is -7.53. The summed E-state index contributed by atoms with van der Waals surface area (Å²) in [6.45, 7) is 3.53. The van der Waals surface area contributed by atoms with Crippen molar-refractivity contribution in [2.45, 2.75) is 44.3 Å². The van der Waals surface area contributed by atoms with Gasteiger partial charge in [0.05, 0.1) is 13.1 Å². The lowest BCUT2D eigenvalue weighted by molar-refractivity contribution is -0.286. The summed E-state index contributed by atoms with van der Waals surface area (Å²) in [4.78, 5) is 12.5. The molecular weight excluding hydrogens is 267 g/mol. The Morgan fingerprint density at radius 1 is 1.37 bits per heavy atom. The summed E-state index contributed by atoms with van der Waals surface area (Å²) in [5.41, 5.74) is -3.58. The predicted octanol–water partition coefficient (Wildman–Crippen LogP) is 1.55. The second-order valence-corrected chi connectivity index (χ2v) is 5.47. The molecule has 1 N–H and O–H groups in total. The number of amides is 1. The van der Waals surface area contributed by atoms with E-state index in [2.05, 4.69) is 4.74 Å². The monoisotopic (exact) mass is 285 g/mol. The Morgan fingerprint density at radius 2 is 1.89 bits per heavy atom. The van der Waals surface area contributed by atoms with Gasteiger partial charge in [0.2, 0.25) is 5.60 Å². The first-order chi connectivity index (χ1) is 8.43. The Hall–Kier alpha value is -1.02. The number of likely N-dealkylation sites (tertiary alicyclic amines) is 1. The first-order valence-electron chi connectivity index (χ1n) is 5.71. The van der Waals surface area contributed by atoms with Gasteiger partial charge in [-0.2, -0.15) is 13.2 Å². The van der Waals surface area contributed by atoms with Crippen LogP contribution in [0.4, 0.5) is 18.0 Å².